The van der Waals surface area contributed by atoms with Crippen LogP contribution < -0.4 is 10.5 Å². The molecule has 0 amide bonds. The van der Waals surface area contributed by atoms with Crippen molar-refractivity contribution in [3.8, 4) is 0 Å². The summed E-state index contributed by atoms with van der Waals surface area (Å²) in [4.78, 5) is 0. The van der Waals surface area contributed by atoms with Crippen molar-refractivity contribution in [1.29, 1.82) is 0 Å². The second kappa shape index (κ2) is 7.57. The van der Waals surface area contributed by atoms with Crippen LogP contribution in [-0.2, 0) is 10.2 Å². The van der Waals surface area contributed by atoms with Crippen LogP contribution in [0.2, 0.25) is 0 Å². The van der Waals surface area contributed by atoms with Crippen molar-refractivity contribution in [1.82, 2.24) is 9.03 Å². The number of unbranched alkanes of at least 4 members (excludes halogenated alkanes) is 1. The molecule has 0 spiro atoms. The molecule has 5 nitrogen and oxygen atoms in total. The topological polar surface area (TPSA) is 75.4 Å². The molecular formula is C13H29N3O2S. The molecule has 1 aliphatic carbocycles. The first-order chi connectivity index (χ1) is 8.90. The van der Waals surface area contributed by atoms with Crippen molar-refractivity contribution in [2.45, 2.75) is 63.8 Å². The zero-order valence-corrected chi connectivity index (χ0v) is 13.1. The Balaban J connectivity index is 2.49. The lowest BCUT2D eigenvalue weighted by Crippen LogP contribution is -2.52. The standard InChI is InChI=1S/C13H29N3O2S/c1-3-4-11-16(2)19(17,18)15-12-13(14)9-7-5-6-8-10-13/h15H,3-12,14H2,1-2H3. The summed E-state index contributed by atoms with van der Waals surface area (Å²) < 4.78 is 28.2. The van der Waals surface area contributed by atoms with Gasteiger partial charge < -0.3 is 5.73 Å². The van der Waals surface area contributed by atoms with Crippen LogP contribution in [0.15, 0.2) is 0 Å². The van der Waals surface area contributed by atoms with Gasteiger partial charge in [-0.15, -0.1) is 0 Å². The zero-order valence-electron chi connectivity index (χ0n) is 12.3. The normalized spacial score (nSPS) is 20.4. The third-order valence-electron chi connectivity index (χ3n) is 3.94. The van der Waals surface area contributed by atoms with Crippen LogP contribution in [0, 0.1) is 0 Å². The van der Waals surface area contributed by atoms with Gasteiger partial charge in [-0.05, 0) is 19.3 Å². The monoisotopic (exact) mass is 291 g/mol. The first kappa shape index (κ1) is 16.9. The van der Waals surface area contributed by atoms with Crippen LogP contribution in [0.1, 0.15) is 58.3 Å². The molecule has 1 rings (SSSR count). The van der Waals surface area contributed by atoms with Gasteiger partial charge in [0.1, 0.15) is 0 Å². The van der Waals surface area contributed by atoms with E-state index in [1.54, 1.807) is 7.05 Å². The molecule has 19 heavy (non-hydrogen) atoms. The molecule has 3 N–H and O–H groups in total. The van der Waals surface area contributed by atoms with Gasteiger partial charge in [0, 0.05) is 25.7 Å². The van der Waals surface area contributed by atoms with Gasteiger partial charge in [-0.1, -0.05) is 39.0 Å². The van der Waals surface area contributed by atoms with Crippen molar-refractivity contribution >= 4 is 10.2 Å². The summed E-state index contributed by atoms with van der Waals surface area (Å²) in [5.74, 6) is 0. The molecule has 0 radical (unpaired) electrons. The van der Waals surface area contributed by atoms with Crippen LogP contribution in [0.4, 0.5) is 0 Å². The number of hydrogen-bond acceptors (Lipinski definition) is 3. The van der Waals surface area contributed by atoms with Crippen LogP contribution >= 0.6 is 0 Å². The molecule has 0 atom stereocenters. The molecule has 0 unspecified atom stereocenters. The highest BCUT2D eigenvalue weighted by Gasteiger charge is 2.28. The van der Waals surface area contributed by atoms with Crippen molar-refractivity contribution in [2.24, 2.45) is 5.73 Å². The first-order valence-corrected chi connectivity index (χ1v) is 8.83. The fourth-order valence-corrected chi connectivity index (χ4v) is 3.52. The Bertz CT molecular complexity index is 349. The summed E-state index contributed by atoms with van der Waals surface area (Å²) in [6.07, 6.45) is 8.31. The summed E-state index contributed by atoms with van der Waals surface area (Å²) >= 11 is 0. The molecule has 1 saturated carbocycles. The van der Waals surface area contributed by atoms with Gasteiger partial charge >= 0.3 is 0 Å². The van der Waals surface area contributed by atoms with Crippen LogP contribution in [0.5, 0.6) is 0 Å². The Labute approximate surface area is 118 Å². The maximum Gasteiger partial charge on any atom is 0.279 e. The van der Waals surface area contributed by atoms with Crippen LogP contribution in [0.25, 0.3) is 0 Å². The lowest BCUT2D eigenvalue weighted by atomic mass is 9.92. The van der Waals surface area contributed by atoms with Gasteiger partial charge in [0.2, 0.25) is 0 Å². The van der Waals surface area contributed by atoms with E-state index in [0.29, 0.717) is 13.1 Å². The molecule has 1 aliphatic rings. The van der Waals surface area contributed by atoms with Gasteiger partial charge in [-0.25, -0.2) is 4.72 Å². The van der Waals surface area contributed by atoms with Gasteiger partial charge in [-0.3, -0.25) is 0 Å². The summed E-state index contributed by atoms with van der Waals surface area (Å²) in [5, 5.41) is 0. The average molecular weight is 291 g/mol. The molecular weight excluding hydrogens is 262 g/mol. The van der Waals surface area contributed by atoms with E-state index >= 15 is 0 Å². The summed E-state index contributed by atoms with van der Waals surface area (Å²) in [6.45, 7) is 2.96. The fraction of sp³-hybridized carbons (Fsp3) is 1.00. The highest BCUT2D eigenvalue weighted by molar-refractivity contribution is 7.87. The average Bonchev–Trinajstić information content (AvgIpc) is 2.59. The minimum atomic E-state index is -3.38. The molecule has 0 aromatic rings. The Kier molecular flexibility index (Phi) is 6.73. The Hall–Kier alpha value is -0.170. The highest BCUT2D eigenvalue weighted by Crippen LogP contribution is 2.24. The smallest absolute Gasteiger partial charge is 0.279 e. The molecule has 6 heteroatoms. The van der Waals surface area contributed by atoms with Gasteiger partial charge in [-0.2, -0.15) is 12.7 Å². The van der Waals surface area contributed by atoms with Crippen LogP contribution in [-0.4, -0.2) is 38.4 Å². The SMILES string of the molecule is CCCCN(C)S(=O)(=O)NCC1(N)CCCCCC1. The van der Waals surface area contributed by atoms with Gasteiger partial charge in [0.25, 0.3) is 10.2 Å². The van der Waals surface area contributed by atoms with Crippen LogP contribution in [0.3, 0.4) is 0 Å². The highest BCUT2D eigenvalue weighted by atomic mass is 32.2. The molecule has 114 valence electrons. The van der Waals surface area contributed by atoms with E-state index < -0.39 is 10.2 Å². The maximum atomic E-state index is 12.1. The predicted molar refractivity (Wildman–Crippen MR) is 79.1 cm³/mol. The molecule has 1 fully saturated rings. The van der Waals surface area contributed by atoms with Crippen molar-refractivity contribution < 1.29 is 8.42 Å². The number of nitrogens with two attached hydrogens (primary N) is 1. The van der Waals surface area contributed by atoms with Gasteiger partial charge in [0.05, 0.1) is 0 Å². The summed E-state index contributed by atoms with van der Waals surface area (Å²) in [6, 6.07) is 0. The van der Waals surface area contributed by atoms with Crippen molar-refractivity contribution in [3.05, 3.63) is 0 Å². The molecule has 0 saturated heterocycles. The molecule has 0 aliphatic heterocycles. The predicted octanol–water partition coefficient (Wildman–Crippen LogP) is 1.60. The summed E-state index contributed by atoms with van der Waals surface area (Å²) in [5.41, 5.74) is 5.96. The quantitative estimate of drug-likeness (QED) is 0.700. The second-order valence-corrected chi connectivity index (χ2v) is 7.64. The van der Waals surface area contributed by atoms with E-state index in [2.05, 4.69) is 4.72 Å². The number of nitrogens with one attached hydrogen (secondary N) is 1. The third kappa shape index (κ3) is 5.77. The number of nitrogens with zero attached hydrogens (tertiary/aromatic N) is 1. The molecule has 0 bridgehead atoms. The lowest BCUT2D eigenvalue weighted by Gasteiger charge is -2.29. The minimum Gasteiger partial charge on any atom is -0.324 e. The lowest BCUT2D eigenvalue weighted by molar-refractivity contribution is 0.361. The molecule has 0 aromatic heterocycles. The fourth-order valence-electron chi connectivity index (χ4n) is 2.46. The van der Waals surface area contributed by atoms with Crippen molar-refractivity contribution in [2.75, 3.05) is 20.1 Å². The third-order valence-corrected chi connectivity index (χ3v) is 5.46. The Morgan fingerprint density at radius 3 is 2.32 bits per heavy atom. The maximum absolute atomic E-state index is 12.1. The number of rotatable bonds is 7. The zero-order chi connectivity index (χ0) is 14.4. The summed E-state index contributed by atoms with van der Waals surface area (Å²) in [7, 11) is -1.76. The van der Waals surface area contributed by atoms with E-state index in [4.69, 9.17) is 5.73 Å². The minimum absolute atomic E-state index is 0.353. The van der Waals surface area contributed by atoms with E-state index in [0.717, 1.165) is 38.5 Å². The largest absolute Gasteiger partial charge is 0.324 e. The van der Waals surface area contributed by atoms with E-state index in [1.807, 2.05) is 6.92 Å². The van der Waals surface area contributed by atoms with E-state index in [-0.39, 0.29) is 5.54 Å². The Morgan fingerprint density at radius 2 is 1.79 bits per heavy atom. The second-order valence-electron chi connectivity index (χ2n) is 5.78. The van der Waals surface area contributed by atoms with E-state index in [9.17, 15) is 8.42 Å². The van der Waals surface area contributed by atoms with Crippen molar-refractivity contribution in [3.63, 3.8) is 0 Å². The van der Waals surface area contributed by atoms with Gasteiger partial charge in [0.15, 0.2) is 0 Å². The molecule has 0 heterocycles. The number of hydrogen-bond donors (Lipinski definition) is 2. The molecule has 0 aromatic carbocycles. The van der Waals surface area contributed by atoms with E-state index in [1.165, 1.54) is 17.1 Å². The Morgan fingerprint density at radius 1 is 1.21 bits per heavy atom. The first-order valence-electron chi connectivity index (χ1n) is 7.39.